The highest BCUT2D eigenvalue weighted by molar-refractivity contribution is 8.01. The topological polar surface area (TPSA) is 113 Å². The normalized spacial score (nSPS) is 16.9. The summed E-state index contributed by atoms with van der Waals surface area (Å²) >= 11 is 5.94. The molecule has 0 unspecified atom stereocenters. The van der Waals surface area contributed by atoms with E-state index in [9.17, 15) is 9.59 Å². The van der Waals surface area contributed by atoms with Crippen LogP contribution in [0.4, 0.5) is 0 Å². The van der Waals surface area contributed by atoms with E-state index in [1.165, 1.54) is 36.5 Å². The average Bonchev–Trinajstić information content (AvgIpc) is 3.37. The van der Waals surface area contributed by atoms with Gasteiger partial charge in [0.15, 0.2) is 8.68 Å². The van der Waals surface area contributed by atoms with E-state index in [-0.39, 0.29) is 11.8 Å². The van der Waals surface area contributed by atoms with Crippen molar-refractivity contribution in [2.75, 3.05) is 37.9 Å². The van der Waals surface area contributed by atoms with Crippen molar-refractivity contribution in [2.24, 2.45) is 9.98 Å². The maximum atomic E-state index is 11.7. The molecule has 0 saturated heterocycles. The Balaban J connectivity index is 1.65. The molecular weight excluding hydrogens is 541 g/mol. The summed E-state index contributed by atoms with van der Waals surface area (Å²) in [5.41, 5.74) is 2.03. The van der Waals surface area contributed by atoms with Crippen LogP contribution in [0.15, 0.2) is 42.9 Å². The lowest BCUT2D eigenvalue weighted by Gasteiger charge is -2.06. The van der Waals surface area contributed by atoms with Gasteiger partial charge >= 0.3 is 0 Å². The predicted octanol–water partition coefficient (Wildman–Crippen LogP) is 2.42. The van der Waals surface area contributed by atoms with Crippen LogP contribution in [0.3, 0.4) is 0 Å². The summed E-state index contributed by atoms with van der Waals surface area (Å²) in [4.78, 5) is 32.8. The average molecular weight is 567 g/mol. The third-order valence-corrected chi connectivity index (χ3v) is 8.73. The molecule has 3 heterocycles. The van der Waals surface area contributed by atoms with Gasteiger partial charge in [-0.3, -0.25) is 9.59 Å². The van der Waals surface area contributed by atoms with Gasteiger partial charge in [-0.05, 0) is 11.1 Å². The first-order valence-corrected chi connectivity index (χ1v) is 14.8. The third kappa shape index (κ3) is 8.21. The van der Waals surface area contributed by atoms with E-state index in [4.69, 9.17) is 9.47 Å². The number of benzene rings is 1. The smallest absolute Gasteiger partial charge is 0.245 e. The van der Waals surface area contributed by atoms with Crippen LogP contribution in [0.25, 0.3) is 0 Å². The van der Waals surface area contributed by atoms with Gasteiger partial charge in [-0.25, -0.2) is 9.36 Å². The number of carbonyl (C=O) groups excluding carboxylic acids is 2. The van der Waals surface area contributed by atoms with Gasteiger partial charge in [0.2, 0.25) is 21.4 Å². The Morgan fingerprint density at radius 2 is 1.28 bits per heavy atom. The van der Waals surface area contributed by atoms with Crippen molar-refractivity contribution in [1.82, 2.24) is 19.6 Å². The van der Waals surface area contributed by atoms with Gasteiger partial charge in [-0.1, -0.05) is 70.5 Å². The van der Waals surface area contributed by atoms with Crippen molar-refractivity contribution in [3.05, 3.63) is 45.0 Å². The molecule has 0 fully saturated rings. The first-order chi connectivity index (χ1) is 17.5. The molecule has 1 aliphatic heterocycles. The van der Waals surface area contributed by atoms with E-state index in [1.807, 2.05) is 18.2 Å². The van der Waals surface area contributed by atoms with Gasteiger partial charge in [0.05, 0.1) is 39.5 Å². The Morgan fingerprint density at radius 3 is 1.72 bits per heavy atom. The highest BCUT2D eigenvalue weighted by Crippen LogP contribution is 2.20. The number of aromatic nitrogens is 4. The number of fused-ring (bicyclic) bond motifs is 6. The molecule has 2 amide bonds. The van der Waals surface area contributed by atoms with Crippen molar-refractivity contribution < 1.29 is 19.1 Å². The van der Waals surface area contributed by atoms with Gasteiger partial charge in [0.1, 0.15) is 0 Å². The molecule has 4 rings (SSSR count). The van der Waals surface area contributed by atoms with E-state index in [2.05, 4.69) is 26.2 Å². The first kappa shape index (κ1) is 26.9. The fraction of sp³-hybridized carbons (Fsp3) is 0.455. The summed E-state index contributed by atoms with van der Waals surface area (Å²) < 4.78 is 16.5. The second kappa shape index (κ2) is 13.4. The standard InChI is InChI=1S/C22H26N6O4S4/c1-15(29)23-19-27-13-17-4-3-5-18(12-17)14-28-20(24-16(2)30)36-22(26-28)34-11-9-32-7-6-31-8-10-33-21(25-27)35-19/h3-5,12H,6-11,13-14H2,1-2H3. The molecule has 0 radical (unpaired) electrons. The highest BCUT2D eigenvalue weighted by atomic mass is 32.2. The Morgan fingerprint density at radius 1 is 0.806 bits per heavy atom. The number of hydrogen-bond acceptors (Lipinski definition) is 10. The Hall–Kier alpha value is -2.10. The number of rotatable bonds is 0. The van der Waals surface area contributed by atoms with Gasteiger partial charge in [-0.2, -0.15) is 20.2 Å². The summed E-state index contributed by atoms with van der Waals surface area (Å²) in [6, 6.07) is 8.07. The van der Waals surface area contributed by atoms with Crippen LogP contribution in [-0.2, 0) is 32.2 Å². The molecule has 1 aliphatic rings. The van der Waals surface area contributed by atoms with Crippen molar-refractivity contribution in [3.63, 3.8) is 0 Å². The van der Waals surface area contributed by atoms with E-state index in [0.717, 1.165) is 31.3 Å². The lowest BCUT2D eigenvalue weighted by atomic mass is 10.1. The fourth-order valence-corrected chi connectivity index (χ4v) is 7.05. The number of nitrogens with zero attached hydrogens (tertiary/aromatic N) is 6. The maximum absolute atomic E-state index is 11.7. The van der Waals surface area contributed by atoms with Crippen LogP contribution in [0.5, 0.6) is 0 Å². The summed E-state index contributed by atoms with van der Waals surface area (Å²) in [5.74, 6) is 0.959. The number of carbonyl (C=O) groups is 2. The van der Waals surface area contributed by atoms with Crippen LogP contribution in [0.2, 0.25) is 0 Å². The minimum absolute atomic E-state index is 0.266. The predicted molar refractivity (Wildman–Crippen MR) is 140 cm³/mol. The lowest BCUT2D eigenvalue weighted by Crippen LogP contribution is -2.20. The quantitative estimate of drug-likeness (QED) is 0.408. The van der Waals surface area contributed by atoms with Gasteiger partial charge in [-0.15, -0.1) is 0 Å². The van der Waals surface area contributed by atoms with Crippen molar-refractivity contribution in [1.29, 1.82) is 0 Å². The second-order valence-corrected chi connectivity index (χ2v) is 12.2. The Labute approximate surface area is 224 Å². The van der Waals surface area contributed by atoms with E-state index in [1.54, 1.807) is 32.9 Å². The molecular formula is C22H26N6O4S4. The van der Waals surface area contributed by atoms with E-state index in [0.29, 0.717) is 49.1 Å². The van der Waals surface area contributed by atoms with Crippen molar-refractivity contribution in [2.45, 2.75) is 35.6 Å². The van der Waals surface area contributed by atoms with Crippen molar-refractivity contribution >= 4 is 58.0 Å². The zero-order valence-corrected chi connectivity index (χ0v) is 23.2. The van der Waals surface area contributed by atoms with Crippen LogP contribution < -0.4 is 9.60 Å². The fourth-order valence-electron chi connectivity index (χ4n) is 3.21. The molecule has 3 aromatic rings. The van der Waals surface area contributed by atoms with Gasteiger partial charge in [0.25, 0.3) is 0 Å². The summed E-state index contributed by atoms with van der Waals surface area (Å²) in [6.45, 7) is 5.99. The zero-order valence-electron chi connectivity index (χ0n) is 19.9. The summed E-state index contributed by atoms with van der Waals surface area (Å²) in [7, 11) is 0. The van der Waals surface area contributed by atoms with Gasteiger partial charge < -0.3 is 9.47 Å². The number of ether oxygens (including phenoxy) is 2. The third-order valence-electron chi connectivity index (χ3n) is 4.64. The molecule has 192 valence electrons. The molecule has 0 atom stereocenters. The molecule has 2 aromatic heterocycles. The largest absolute Gasteiger partial charge is 0.378 e. The summed E-state index contributed by atoms with van der Waals surface area (Å²) in [6.07, 6.45) is 0. The minimum Gasteiger partial charge on any atom is -0.378 e. The molecule has 1 aromatic carbocycles. The van der Waals surface area contributed by atoms with E-state index < -0.39 is 0 Å². The van der Waals surface area contributed by atoms with Crippen LogP contribution in [0, 0.1) is 0 Å². The Bertz CT molecular complexity index is 1240. The molecule has 0 N–H and O–H groups in total. The van der Waals surface area contributed by atoms with Crippen LogP contribution in [0.1, 0.15) is 25.0 Å². The Kier molecular flexibility index (Phi) is 10.1. The zero-order chi connectivity index (χ0) is 25.3. The molecule has 6 bridgehead atoms. The monoisotopic (exact) mass is 566 g/mol. The molecule has 10 nitrogen and oxygen atoms in total. The van der Waals surface area contributed by atoms with E-state index >= 15 is 0 Å². The lowest BCUT2D eigenvalue weighted by molar-refractivity contribution is -0.116. The number of thioether (sulfide) groups is 2. The number of hydrogen-bond donors (Lipinski definition) is 0. The molecule has 0 spiro atoms. The minimum atomic E-state index is -0.266. The maximum Gasteiger partial charge on any atom is 0.245 e. The molecule has 36 heavy (non-hydrogen) atoms. The SMILES string of the molecule is CC(=O)N=c1sc2nn1Cc1cccc(c1)Cn1nc(sc1=NC(C)=O)SCCOCCOCCS2. The second-order valence-electron chi connectivity index (χ2n) is 7.62. The molecule has 0 aliphatic carbocycles. The van der Waals surface area contributed by atoms with Crippen molar-refractivity contribution in [3.8, 4) is 0 Å². The summed E-state index contributed by atoms with van der Waals surface area (Å²) in [5, 5.41) is 9.36. The van der Waals surface area contributed by atoms with Crippen LogP contribution in [-0.4, -0.2) is 69.3 Å². The number of amides is 2. The highest BCUT2D eigenvalue weighted by Gasteiger charge is 2.11. The van der Waals surface area contributed by atoms with Crippen LogP contribution >= 0.6 is 46.2 Å². The molecule has 14 heteroatoms. The molecule has 0 saturated carbocycles. The first-order valence-electron chi connectivity index (χ1n) is 11.2. The van der Waals surface area contributed by atoms with Gasteiger partial charge in [0, 0.05) is 25.4 Å².